The maximum Gasteiger partial charge on any atom is 0.254 e. The molecule has 0 aliphatic carbocycles. The van der Waals surface area contributed by atoms with Crippen molar-refractivity contribution in [2.75, 3.05) is 6.54 Å². The van der Waals surface area contributed by atoms with E-state index in [1.807, 2.05) is 23.1 Å². The predicted molar refractivity (Wildman–Crippen MR) is 86.2 cm³/mol. The van der Waals surface area contributed by atoms with Gasteiger partial charge in [-0.2, -0.15) is 0 Å². The first-order valence-electron chi connectivity index (χ1n) is 7.74. The van der Waals surface area contributed by atoms with Crippen LogP contribution in [0.2, 0.25) is 0 Å². The topological polar surface area (TPSA) is 51.0 Å². The highest BCUT2D eigenvalue weighted by molar-refractivity contribution is 5.95. The molecule has 0 unspecified atom stereocenters. The van der Waals surface area contributed by atoms with Crippen molar-refractivity contribution in [2.24, 2.45) is 0 Å². The smallest absolute Gasteiger partial charge is 0.254 e. The van der Waals surface area contributed by atoms with Crippen molar-refractivity contribution in [1.29, 1.82) is 0 Å². The Kier molecular flexibility index (Phi) is 3.57. The molecule has 1 aromatic heterocycles. The van der Waals surface area contributed by atoms with E-state index in [9.17, 15) is 9.18 Å². The molecule has 2 heterocycles. The summed E-state index contributed by atoms with van der Waals surface area (Å²) in [6.07, 6.45) is 4.07. The minimum absolute atomic E-state index is 0.0108. The second-order valence-electron chi connectivity index (χ2n) is 5.77. The fourth-order valence-electron chi connectivity index (χ4n) is 2.96. The first kappa shape index (κ1) is 14.6. The molecule has 0 saturated carbocycles. The zero-order valence-electron chi connectivity index (χ0n) is 12.8. The maximum atomic E-state index is 13.1. The SMILES string of the molecule is O=C(c1cccc(-n2cnnc2)c1)N1CC[C@H]1c1ccc(F)cc1. The second kappa shape index (κ2) is 5.88. The Balaban J connectivity index is 1.58. The molecular weight excluding hydrogens is 307 g/mol. The predicted octanol–water partition coefficient (Wildman–Crippen LogP) is 2.99. The largest absolute Gasteiger partial charge is 0.331 e. The molecule has 1 saturated heterocycles. The minimum atomic E-state index is -0.266. The van der Waals surface area contributed by atoms with E-state index in [1.54, 1.807) is 35.4 Å². The van der Waals surface area contributed by atoms with Crippen molar-refractivity contribution >= 4 is 5.91 Å². The lowest BCUT2D eigenvalue weighted by Crippen LogP contribution is -2.45. The minimum Gasteiger partial charge on any atom is -0.331 e. The van der Waals surface area contributed by atoms with Crippen LogP contribution < -0.4 is 0 Å². The van der Waals surface area contributed by atoms with E-state index in [0.29, 0.717) is 12.1 Å². The summed E-state index contributed by atoms with van der Waals surface area (Å²) >= 11 is 0. The lowest BCUT2D eigenvalue weighted by atomic mass is 9.93. The van der Waals surface area contributed by atoms with Gasteiger partial charge in [0.05, 0.1) is 6.04 Å². The maximum absolute atomic E-state index is 13.1. The molecule has 0 spiro atoms. The zero-order valence-corrected chi connectivity index (χ0v) is 12.8. The van der Waals surface area contributed by atoms with Crippen LogP contribution in [0.15, 0.2) is 61.2 Å². The molecule has 120 valence electrons. The molecule has 1 aliphatic heterocycles. The average Bonchev–Trinajstić information content (AvgIpc) is 3.10. The van der Waals surface area contributed by atoms with Crippen LogP contribution in [0.4, 0.5) is 4.39 Å². The summed E-state index contributed by atoms with van der Waals surface area (Å²) < 4.78 is 14.8. The fourth-order valence-corrected chi connectivity index (χ4v) is 2.96. The number of hydrogen-bond acceptors (Lipinski definition) is 3. The second-order valence-corrected chi connectivity index (χ2v) is 5.77. The standard InChI is InChI=1S/C18H15FN4O/c19-15-6-4-13(5-7-15)17-8-9-23(17)18(24)14-2-1-3-16(10-14)22-11-20-21-12-22/h1-7,10-12,17H,8-9H2/t17-/m0/s1. The van der Waals surface area contributed by atoms with E-state index in [4.69, 9.17) is 0 Å². The monoisotopic (exact) mass is 322 g/mol. The van der Waals surface area contributed by atoms with Gasteiger partial charge in [0.2, 0.25) is 0 Å². The number of nitrogens with zero attached hydrogens (tertiary/aromatic N) is 4. The van der Waals surface area contributed by atoms with E-state index in [2.05, 4.69) is 10.2 Å². The van der Waals surface area contributed by atoms with Crippen LogP contribution in [0.3, 0.4) is 0 Å². The highest BCUT2D eigenvalue weighted by Gasteiger charge is 2.33. The number of carbonyl (C=O) groups is 1. The molecule has 1 aliphatic rings. The summed E-state index contributed by atoms with van der Waals surface area (Å²) in [7, 11) is 0. The summed E-state index contributed by atoms with van der Waals surface area (Å²) in [5.41, 5.74) is 2.42. The van der Waals surface area contributed by atoms with E-state index in [0.717, 1.165) is 17.7 Å². The van der Waals surface area contributed by atoms with Gasteiger partial charge in [-0.05, 0) is 42.3 Å². The Hall–Kier alpha value is -3.02. The number of hydrogen-bond donors (Lipinski definition) is 0. The number of benzene rings is 2. The number of likely N-dealkylation sites (tertiary alicyclic amines) is 1. The lowest BCUT2D eigenvalue weighted by Gasteiger charge is -2.41. The van der Waals surface area contributed by atoms with Gasteiger partial charge in [0.1, 0.15) is 18.5 Å². The van der Waals surface area contributed by atoms with Crippen LogP contribution in [0.5, 0.6) is 0 Å². The molecular formula is C18H15FN4O. The highest BCUT2D eigenvalue weighted by atomic mass is 19.1. The molecule has 3 aromatic rings. The van der Waals surface area contributed by atoms with Gasteiger partial charge in [-0.3, -0.25) is 9.36 Å². The van der Waals surface area contributed by atoms with Crippen molar-refractivity contribution in [2.45, 2.75) is 12.5 Å². The third kappa shape index (κ3) is 2.56. The van der Waals surface area contributed by atoms with Crippen LogP contribution in [0.25, 0.3) is 5.69 Å². The Labute approximate surface area is 138 Å². The summed E-state index contributed by atoms with van der Waals surface area (Å²) in [5, 5.41) is 7.56. The van der Waals surface area contributed by atoms with Gasteiger partial charge in [-0.1, -0.05) is 18.2 Å². The van der Waals surface area contributed by atoms with E-state index < -0.39 is 0 Å². The Morgan fingerprint density at radius 2 is 1.83 bits per heavy atom. The van der Waals surface area contributed by atoms with Gasteiger partial charge in [-0.25, -0.2) is 4.39 Å². The molecule has 4 rings (SSSR count). The summed E-state index contributed by atoms with van der Waals surface area (Å²) in [6.45, 7) is 0.706. The average molecular weight is 322 g/mol. The number of halogens is 1. The van der Waals surface area contributed by atoms with Crippen molar-refractivity contribution in [3.05, 3.63) is 78.1 Å². The van der Waals surface area contributed by atoms with Gasteiger partial charge in [0.15, 0.2) is 0 Å². The third-order valence-corrected chi connectivity index (χ3v) is 4.35. The molecule has 24 heavy (non-hydrogen) atoms. The Bertz CT molecular complexity index is 861. The first-order chi connectivity index (χ1) is 11.7. The van der Waals surface area contributed by atoms with Crippen LogP contribution >= 0.6 is 0 Å². The summed E-state index contributed by atoms with van der Waals surface area (Å²) in [4.78, 5) is 14.6. The highest BCUT2D eigenvalue weighted by Crippen LogP contribution is 2.34. The number of aromatic nitrogens is 3. The number of amides is 1. The van der Waals surface area contributed by atoms with Gasteiger partial charge in [0.25, 0.3) is 5.91 Å². The van der Waals surface area contributed by atoms with Crippen molar-refractivity contribution < 1.29 is 9.18 Å². The van der Waals surface area contributed by atoms with E-state index in [-0.39, 0.29) is 17.8 Å². The van der Waals surface area contributed by atoms with Crippen molar-refractivity contribution in [3.8, 4) is 5.69 Å². The quantitative estimate of drug-likeness (QED) is 0.745. The van der Waals surface area contributed by atoms with Crippen LogP contribution in [-0.4, -0.2) is 32.1 Å². The van der Waals surface area contributed by atoms with Crippen LogP contribution in [-0.2, 0) is 0 Å². The van der Waals surface area contributed by atoms with E-state index in [1.165, 1.54) is 12.1 Å². The number of rotatable bonds is 3. The van der Waals surface area contributed by atoms with Crippen molar-refractivity contribution in [1.82, 2.24) is 19.7 Å². The zero-order chi connectivity index (χ0) is 16.5. The van der Waals surface area contributed by atoms with Gasteiger partial charge in [0, 0.05) is 17.8 Å². The molecule has 0 bridgehead atoms. The molecule has 1 amide bonds. The van der Waals surface area contributed by atoms with E-state index >= 15 is 0 Å². The molecule has 0 N–H and O–H groups in total. The van der Waals surface area contributed by atoms with Gasteiger partial charge >= 0.3 is 0 Å². The molecule has 2 aromatic carbocycles. The molecule has 5 nitrogen and oxygen atoms in total. The molecule has 6 heteroatoms. The summed E-state index contributed by atoms with van der Waals surface area (Å²) in [5.74, 6) is -0.289. The molecule has 1 atom stereocenters. The molecule has 1 fully saturated rings. The molecule has 0 radical (unpaired) electrons. The van der Waals surface area contributed by atoms with Gasteiger partial charge in [-0.15, -0.1) is 10.2 Å². The Morgan fingerprint density at radius 3 is 2.50 bits per heavy atom. The number of carbonyl (C=O) groups excluding carboxylic acids is 1. The summed E-state index contributed by atoms with van der Waals surface area (Å²) in [6, 6.07) is 13.7. The first-order valence-corrected chi connectivity index (χ1v) is 7.74. The van der Waals surface area contributed by atoms with Crippen LogP contribution in [0.1, 0.15) is 28.4 Å². The van der Waals surface area contributed by atoms with Gasteiger partial charge < -0.3 is 4.90 Å². The van der Waals surface area contributed by atoms with Crippen molar-refractivity contribution in [3.63, 3.8) is 0 Å². The normalized spacial score (nSPS) is 16.7. The lowest BCUT2D eigenvalue weighted by molar-refractivity contribution is 0.0460. The third-order valence-electron chi connectivity index (χ3n) is 4.35. The fraction of sp³-hybridized carbons (Fsp3) is 0.167. The van der Waals surface area contributed by atoms with Crippen LogP contribution in [0, 0.1) is 5.82 Å². The Morgan fingerprint density at radius 1 is 1.08 bits per heavy atom.